The first-order valence-corrected chi connectivity index (χ1v) is 36.6. The van der Waals surface area contributed by atoms with Gasteiger partial charge in [-0.2, -0.15) is 0 Å². The zero-order valence-corrected chi connectivity index (χ0v) is 57.6. The average Bonchev–Trinajstić information content (AvgIpc) is 0.687. The summed E-state index contributed by atoms with van der Waals surface area (Å²) in [5, 5.41) is 0. The van der Waals surface area contributed by atoms with Crippen LogP contribution < -0.4 is 57.3 Å². The molecular weight excluding hydrogens is 1280 g/mol. The maximum Gasteiger partial charge on any atom is 0.252 e. The van der Waals surface area contributed by atoms with E-state index in [1.807, 2.05) is 11.8 Å². The Balaban J connectivity index is 0.893. The van der Waals surface area contributed by atoms with Crippen molar-refractivity contribution in [3.8, 4) is 44.5 Å². The largest absolute Gasteiger partial charge is 0.311 e. The Bertz CT molecular complexity index is 5820. The molecule has 0 saturated heterocycles. The molecule has 4 aliphatic rings. The number of anilines is 15. The lowest BCUT2D eigenvalue weighted by molar-refractivity contribution is 1.22. The highest BCUT2D eigenvalue weighted by Crippen LogP contribution is 2.55. The third-order valence-corrected chi connectivity index (χ3v) is 22.3. The second kappa shape index (κ2) is 25.6. The summed E-state index contributed by atoms with van der Waals surface area (Å²) < 4.78 is 0. The molecule has 0 aromatic heterocycles. The molecule has 0 bridgehead atoms. The van der Waals surface area contributed by atoms with E-state index in [2.05, 4.69) is 419 Å². The Kier molecular flexibility index (Phi) is 15.0. The summed E-state index contributed by atoms with van der Waals surface area (Å²) in [4.78, 5) is 15.1. The molecule has 16 aromatic rings. The zero-order valence-electron chi connectivity index (χ0n) is 56.8. The molecule has 0 aliphatic carbocycles. The summed E-state index contributed by atoms with van der Waals surface area (Å²) in [5.41, 5.74) is 33.3. The van der Waals surface area contributed by atoms with Crippen LogP contribution in [0.15, 0.2) is 404 Å². The first-order valence-electron chi connectivity index (χ1n) is 35.8. The van der Waals surface area contributed by atoms with E-state index in [0.717, 1.165) is 124 Å². The van der Waals surface area contributed by atoms with Gasteiger partial charge in [0.05, 0.1) is 17.1 Å². The molecule has 0 saturated carbocycles. The summed E-state index contributed by atoms with van der Waals surface area (Å²) >= 11 is 1.91. The maximum absolute atomic E-state index is 2.69. The molecule has 4 aliphatic heterocycles. The number of para-hydroxylation sites is 8. The highest BCUT2D eigenvalue weighted by atomic mass is 32.2. The molecule has 0 atom stereocenters. The number of hydrogen-bond acceptors (Lipinski definition) is 6. The van der Waals surface area contributed by atoms with E-state index in [-0.39, 0.29) is 13.4 Å². The topological polar surface area (TPSA) is 16.2 Å². The molecule has 4 heterocycles. The molecule has 5 nitrogen and oxygen atoms in total. The first kappa shape index (κ1) is 60.9. The summed E-state index contributed by atoms with van der Waals surface area (Å²) in [6, 6.07) is 146. The van der Waals surface area contributed by atoms with Crippen molar-refractivity contribution in [2.45, 2.75) is 9.79 Å². The van der Waals surface area contributed by atoms with Gasteiger partial charge in [0.2, 0.25) is 6.71 Å². The van der Waals surface area contributed by atoms with Gasteiger partial charge >= 0.3 is 0 Å². The highest BCUT2D eigenvalue weighted by Gasteiger charge is 2.48. The smallest absolute Gasteiger partial charge is 0.252 e. The minimum atomic E-state index is -0.202. The first-order chi connectivity index (χ1) is 51.6. The molecule has 16 aromatic carbocycles. The Morgan fingerprint density at radius 2 is 0.615 bits per heavy atom. The molecule has 20 rings (SSSR count). The summed E-state index contributed by atoms with van der Waals surface area (Å²) in [6.45, 7) is -0.354. The van der Waals surface area contributed by atoms with Crippen LogP contribution in [0.25, 0.3) is 44.5 Å². The van der Waals surface area contributed by atoms with E-state index in [9.17, 15) is 0 Å². The van der Waals surface area contributed by atoms with E-state index >= 15 is 0 Å². The van der Waals surface area contributed by atoms with Gasteiger partial charge in [0, 0.05) is 94.7 Å². The third kappa shape index (κ3) is 10.2. The third-order valence-electron chi connectivity index (χ3n) is 21.2. The number of hydrogen-bond donors (Lipinski definition) is 0. The van der Waals surface area contributed by atoms with Crippen molar-refractivity contribution in [3.05, 3.63) is 394 Å². The number of nitrogens with zero attached hydrogens (tertiary/aromatic N) is 5. The van der Waals surface area contributed by atoms with Crippen LogP contribution in [0.2, 0.25) is 0 Å². The summed E-state index contributed by atoms with van der Waals surface area (Å²) in [7, 11) is 0. The molecule has 0 spiro atoms. The van der Waals surface area contributed by atoms with Gasteiger partial charge in [-0.05, 0) is 164 Å². The van der Waals surface area contributed by atoms with Crippen LogP contribution >= 0.6 is 11.8 Å². The number of fused-ring (bicyclic) bond motifs is 8. The van der Waals surface area contributed by atoms with Gasteiger partial charge < -0.3 is 24.5 Å². The second-order valence-corrected chi connectivity index (χ2v) is 28.1. The Morgan fingerprint density at radius 1 is 0.221 bits per heavy atom. The fraction of sp³-hybridized carbons (Fsp3) is 0. The van der Waals surface area contributed by atoms with Gasteiger partial charge in [0.15, 0.2) is 0 Å². The number of rotatable bonds is 13. The van der Waals surface area contributed by atoms with Crippen molar-refractivity contribution in [2.75, 3.05) is 24.5 Å². The fourth-order valence-electron chi connectivity index (χ4n) is 16.8. The normalized spacial score (nSPS) is 12.7. The van der Waals surface area contributed by atoms with Crippen LogP contribution in [-0.4, -0.2) is 13.4 Å². The van der Waals surface area contributed by atoms with Gasteiger partial charge in [-0.1, -0.05) is 302 Å². The Labute approximate surface area is 612 Å². The van der Waals surface area contributed by atoms with Gasteiger partial charge in [-0.3, -0.25) is 0 Å². The maximum atomic E-state index is 2.69. The van der Waals surface area contributed by atoms with Gasteiger partial charge in [0.1, 0.15) is 0 Å². The van der Waals surface area contributed by atoms with Crippen molar-refractivity contribution in [1.29, 1.82) is 0 Å². The van der Waals surface area contributed by atoms with E-state index < -0.39 is 0 Å². The van der Waals surface area contributed by atoms with E-state index in [1.165, 1.54) is 48.1 Å². The minimum Gasteiger partial charge on any atom is -0.311 e. The predicted octanol–water partition coefficient (Wildman–Crippen LogP) is 22.1. The monoisotopic (exact) mass is 1340 g/mol. The SMILES string of the molecule is c1ccc(-c2ccc(N(c3cc4c5c(c3)N(c3ccccc3)c3ccccc3B5c3cc5c(cc3S4)N(c3c(-c4ccccc4)cccc3-c3ccccc3)c3cc(N(c4ccccc4)c4ccccc4)cc4c3B5c3ccccc3N4c3ccccc3)c3ccccc3-c3ccccc3)cc2)cc1. The molecule has 8 heteroatoms. The standard InChI is InChI=1S/C96H65B2N5S/c1-9-32-66(33-10-1)67-56-58-75(59-57-67)100(85-53-28-25-48-78(85)68-34-11-2-12-35-68)77-62-91-95-93(63-77)104-92-65-88-83(64-84(92)98(95)82-52-27-30-55-87(82)102(91)74-46-23-8-24-47-74)97-81-51-26-29-54-86(81)101(73-44-21-7-22-45-73)89-60-76(99(71-40-17-5-18-41-71)72-42-19-6-20-43-72)61-90(94(89)97)103(88)96-79(69-36-13-3-14-37-69)49-31-50-80(96)70-38-15-4-16-39-70/h1-65H. The van der Waals surface area contributed by atoms with E-state index in [0.29, 0.717) is 0 Å². The molecule has 0 fully saturated rings. The molecule has 486 valence electrons. The second-order valence-electron chi connectivity index (χ2n) is 27.1. The van der Waals surface area contributed by atoms with E-state index in [4.69, 9.17) is 0 Å². The number of benzene rings is 16. The molecule has 0 amide bonds. The van der Waals surface area contributed by atoms with Crippen LogP contribution in [-0.2, 0) is 0 Å². The lowest BCUT2D eigenvalue weighted by atomic mass is 9.31. The lowest BCUT2D eigenvalue weighted by Gasteiger charge is -2.46. The average molecular weight is 1340 g/mol. The molecular formula is C96H65B2N5S. The van der Waals surface area contributed by atoms with Crippen molar-refractivity contribution in [2.24, 2.45) is 0 Å². The lowest BCUT2D eigenvalue weighted by Crippen LogP contribution is -2.64. The van der Waals surface area contributed by atoms with Crippen molar-refractivity contribution in [3.63, 3.8) is 0 Å². The Morgan fingerprint density at radius 3 is 1.15 bits per heavy atom. The van der Waals surface area contributed by atoms with Crippen LogP contribution in [0.5, 0.6) is 0 Å². The predicted molar refractivity (Wildman–Crippen MR) is 441 cm³/mol. The molecule has 0 radical (unpaired) electrons. The van der Waals surface area contributed by atoms with E-state index in [1.54, 1.807) is 0 Å². The van der Waals surface area contributed by atoms with Gasteiger partial charge in [0.25, 0.3) is 6.71 Å². The van der Waals surface area contributed by atoms with Crippen LogP contribution in [0.1, 0.15) is 0 Å². The van der Waals surface area contributed by atoms with Crippen LogP contribution in [0, 0.1) is 0 Å². The quantitative estimate of drug-likeness (QED) is 0.106. The van der Waals surface area contributed by atoms with Gasteiger partial charge in [-0.25, -0.2) is 0 Å². The highest BCUT2D eigenvalue weighted by molar-refractivity contribution is 8.00. The summed E-state index contributed by atoms with van der Waals surface area (Å²) in [5.74, 6) is 0. The van der Waals surface area contributed by atoms with Crippen molar-refractivity contribution < 1.29 is 0 Å². The van der Waals surface area contributed by atoms with Crippen molar-refractivity contribution in [1.82, 2.24) is 0 Å². The molecule has 0 unspecified atom stereocenters. The van der Waals surface area contributed by atoms with Crippen LogP contribution in [0.3, 0.4) is 0 Å². The fourth-order valence-corrected chi connectivity index (χ4v) is 18.0. The Hall–Kier alpha value is -13.0. The molecule has 104 heavy (non-hydrogen) atoms. The molecule has 0 N–H and O–H groups in total. The minimum absolute atomic E-state index is 0.153. The van der Waals surface area contributed by atoms with Gasteiger partial charge in [-0.15, -0.1) is 0 Å². The zero-order chi connectivity index (χ0) is 68.6. The van der Waals surface area contributed by atoms with Crippen molar-refractivity contribution >= 4 is 143 Å². The van der Waals surface area contributed by atoms with Crippen LogP contribution in [0.4, 0.5) is 85.3 Å². The summed E-state index contributed by atoms with van der Waals surface area (Å²) in [6.07, 6.45) is 0.